The monoisotopic (exact) mass is 795 g/mol. The van der Waals surface area contributed by atoms with Crippen LogP contribution in [0.1, 0.15) is 91.4 Å². The molecule has 0 bridgehead atoms. The van der Waals surface area contributed by atoms with Gasteiger partial charge in [0.15, 0.2) is 11.5 Å². The van der Waals surface area contributed by atoms with E-state index >= 15 is 0 Å². The molecule has 0 unspecified atom stereocenters. The minimum absolute atomic E-state index is 0.000631. The van der Waals surface area contributed by atoms with Crippen molar-refractivity contribution in [3.05, 3.63) is 130 Å². The topological polar surface area (TPSA) is 192 Å². The Morgan fingerprint density at radius 1 is 0.603 bits per heavy atom. The van der Waals surface area contributed by atoms with E-state index in [1.54, 1.807) is 109 Å². The molecule has 306 valence electrons. The Morgan fingerprint density at radius 2 is 1.09 bits per heavy atom. The van der Waals surface area contributed by atoms with Crippen LogP contribution in [0.3, 0.4) is 0 Å². The SMILES string of the molecule is CC(C)(C)OC(=O)N[C@@H](Cc1ccc(OC(=O)C(C)(C)Cc2ccccc2C(=O)O)c(OC(=O)C(C)(C)Cc2ccccc2C(=O)O)c1)C(=O)OCc1ccccc1. The number of hydrogen-bond donors (Lipinski definition) is 3. The van der Waals surface area contributed by atoms with Gasteiger partial charge in [-0.1, -0.05) is 72.8 Å². The van der Waals surface area contributed by atoms with Gasteiger partial charge in [0.05, 0.1) is 22.0 Å². The predicted octanol–water partition coefficient (Wildman–Crippen LogP) is 7.61. The molecule has 0 saturated carbocycles. The van der Waals surface area contributed by atoms with Crippen LogP contribution in [0.4, 0.5) is 4.79 Å². The summed E-state index contributed by atoms with van der Waals surface area (Å²) in [6.45, 7) is 11.3. The van der Waals surface area contributed by atoms with Crippen molar-refractivity contribution in [3.63, 3.8) is 0 Å². The highest BCUT2D eigenvalue weighted by Gasteiger charge is 2.35. The first-order valence-electron chi connectivity index (χ1n) is 18.5. The van der Waals surface area contributed by atoms with Crippen LogP contribution in [0.25, 0.3) is 0 Å². The lowest BCUT2D eigenvalue weighted by Crippen LogP contribution is -2.45. The first kappa shape index (κ1) is 44.2. The average Bonchev–Trinajstić information content (AvgIpc) is 3.14. The summed E-state index contributed by atoms with van der Waals surface area (Å²) in [6.07, 6.45) is -1.06. The van der Waals surface area contributed by atoms with Gasteiger partial charge >= 0.3 is 35.9 Å². The quantitative estimate of drug-likeness (QED) is 0.0744. The predicted molar refractivity (Wildman–Crippen MR) is 213 cm³/mol. The minimum atomic E-state index is -1.30. The summed E-state index contributed by atoms with van der Waals surface area (Å²) in [5, 5.41) is 22.0. The lowest BCUT2D eigenvalue weighted by Gasteiger charge is -2.26. The average molecular weight is 796 g/mol. The molecule has 13 heteroatoms. The fraction of sp³-hybridized carbons (Fsp3) is 0.333. The van der Waals surface area contributed by atoms with Crippen molar-refractivity contribution in [2.75, 3.05) is 0 Å². The number of amides is 1. The molecule has 1 amide bonds. The van der Waals surface area contributed by atoms with Crippen molar-refractivity contribution in [2.24, 2.45) is 10.8 Å². The van der Waals surface area contributed by atoms with Gasteiger partial charge in [0.2, 0.25) is 0 Å². The highest BCUT2D eigenvalue weighted by Crippen LogP contribution is 2.35. The zero-order chi connectivity index (χ0) is 42.8. The summed E-state index contributed by atoms with van der Waals surface area (Å²) in [7, 11) is 0. The first-order valence-corrected chi connectivity index (χ1v) is 18.5. The van der Waals surface area contributed by atoms with Crippen molar-refractivity contribution in [2.45, 2.75) is 86.0 Å². The van der Waals surface area contributed by atoms with E-state index in [0.717, 1.165) is 5.56 Å². The standard InChI is InChI=1S/C45H49NO12/c1-43(2,3)58-42(54)46-34(39(51)55-27-28-15-9-8-10-16-28)23-29-21-22-35(56-40(52)44(4,5)25-30-17-11-13-19-32(30)37(47)48)36(24-29)57-41(53)45(6,7)26-31-18-12-14-20-33(31)38(49)50/h8-22,24,34H,23,25-27H2,1-7H3,(H,46,54)(H,47,48)(H,49,50)/t34-/m0/s1. The van der Waals surface area contributed by atoms with Gasteiger partial charge in [-0.05, 0) is 108 Å². The van der Waals surface area contributed by atoms with Gasteiger partial charge in [0.1, 0.15) is 18.2 Å². The number of benzene rings is 4. The summed E-state index contributed by atoms with van der Waals surface area (Å²) in [4.78, 5) is 77.9. The first-order chi connectivity index (χ1) is 27.1. The van der Waals surface area contributed by atoms with Gasteiger partial charge in [0, 0.05) is 6.42 Å². The fourth-order valence-corrected chi connectivity index (χ4v) is 5.89. The molecule has 0 aliphatic carbocycles. The molecular formula is C45H49NO12. The van der Waals surface area contributed by atoms with Crippen LogP contribution in [0, 0.1) is 10.8 Å². The molecule has 3 N–H and O–H groups in total. The van der Waals surface area contributed by atoms with Crippen molar-refractivity contribution < 1.29 is 57.9 Å². The Labute approximate surface area is 337 Å². The second-order valence-electron chi connectivity index (χ2n) is 16.1. The van der Waals surface area contributed by atoms with Gasteiger partial charge in [-0.2, -0.15) is 0 Å². The molecule has 0 radical (unpaired) electrons. The fourth-order valence-electron chi connectivity index (χ4n) is 5.89. The number of rotatable bonds is 16. The van der Waals surface area contributed by atoms with Gasteiger partial charge < -0.3 is 34.5 Å². The zero-order valence-electron chi connectivity index (χ0n) is 33.6. The molecule has 58 heavy (non-hydrogen) atoms. The summed E-state index contributed by atoms with van der Waals surface area (Å²) in [5.41, 5.74) is -1.51. The molecule has 0 aliphatic rings. The van der Waals surface area contributed by atoms with E-state index in [1.165, 1.54) is 30.3 Å². The van der Waals surface area contributed by atoms with Crippen LogP contribution in [0.15, 0.2) is 97.1 Å². The molecule has 1 atom stereocenters. The Morgan fingerprint density at radius 3 is 1.59 bits per heavy atom. The normalized spacial score (nSPS) is 12.1. The second kappa shape index (κ2) is 18.6. The number of carboxylic acid groups (broad SMARTS) is 2. The van der Waals surface area contributed by atoms with Crippen molar-refractivity contribution in [3.8, 4) is 11.5 Å². The molecule has 0 aliphatic heterocycles. The van der Waals surface area contributed by atoms with E-state index in [1.807, 2.05) is 6.07 Å². The minimum Gasteiger partial charge on any atom is -0.478 e. The van der Waals surface area contributed by atoms with Crippen molar-refractivity contribution in [1.29, 1.82) is 0 Å². The number of esters is 3. The second-order valence-corrected chi connectivity index (χ2v) is 16.1. The molecule has 0 spiro atoms. The molecule has 4 rings (SSSR count). The maximum absolute atomic E-state index is 13.9. The zero-order valence-corrected chi connectivity index (χ0v) is 33.6. The number of alkyl carbamates (subject to hydrolysis) is 1. The van der Waals surface area contributed by atoms with Crippen LogP contribution in [-0.4, -0.2) is 57.8 Å². The largest absolute Gasteiger partial charge is 0.478 e. The maximum atomic E-state index is 13.9. The molecule has 0 aromatic heterocycles. The summed E-state index contributed by atoms with van der Waals surface area (Å²) < 4.78 is 22.8. The van der Waals surface area contributed by atoms with Gasteiger partial charge in [-0.15, -0.1) is 0 Å². The molecule has 0 heterocycles. The number of carbonyl (C=O) groups is 6. The number of carboxylic acids is 2. The van der Waals surface area contributed by atoms with Crippen LogP contribution in [0.5, 0.6) is 11.5 Å². The summed E-state index contributed by atoms with van der Waals surface area (Å²) in [5.74, 6) is -5.00. The van der Waals surface area contributed by atoms with E-state index < -0.39 is 58.4 Å². The van der Waals surface area contributed by atoms with Gasteiger partial charge in [0.25, 0.3) is 0 Å². The number of ether oxygens (including phenoxy) is 4. The highest BCUT2D eigenvalue weighted by molar-refractivity contribution is 5.91. The van der Waals surface area contributed by atoms with E-state index in [4.69, 9.17) is 18.9 Å². The summed E-state index contributed by atoms with van der Waals surface area (Å²) in [6, 6.07) is 24.5. The Kier molecular flexibility index (Phi) is 14.2. The van der Waals surface area contributed by atoms with E-state index in [2.05, 4.69) is 5.32 Å². The summed E-state index contributed by atoms with van der Waals surface area (Å²) >= 11 is 0. The van der Waals surface area contributed by atoms with Crippen LogP contribution in [0.2, 0.25) is 0 Å². The Balaban J connectivity index is 1.69. The maximum Gasteiger partial charge on any atom is 0.408 e. The van der Waals surface area contributed by atoms with Gasteiger partial charge in [-0.25, -0.2) is 19.2 Å². The Bertz CT molecular complexity index is 2150. The third kappa shape index (κ3) is 12.5. The number of carbonyl (C=O) groups excluding carboxylic acids is 4. The van der Waals surface area contributed by atoms with E-state index in [-0.39, 0.29) is 48.5 Å². The van der Waals surface area contributed by atoms with Crippen LogP contribution < -0.4 is 14.8 Å². The Hall–Kier alpha value is -6.50. The van der Waals surface area contributed by atoms with Crippen LogP contribution >= 0.6 is 0 Å². The lowest BCUT2D eigenvalue weighted by atomic mass is 9.84. The third-order valence-corrected chi connectivity index (χ3v) is 8.92. The van der Waals surface area contributed by atoms with Crippen molar-refractivity contribution >= 4 is 35.9 Å². The van der Waals surface area contributed by atoms with E-state index in [0.29, 0.717) is 16.7 Å². The van der Waals surface area contributed by atoms with Crippen LogP contribution in [-0.2, 0) is 49.7 Å². The molecule has 0 saturated heterocycles. The molecular weight excluding hydrogens is 746 g/mol. The number of aromatic carboxylic acids is 2. The number of nitrogens with one attached hydrogen (secondary N) is 1. The molecule has 13 nitrogen and oxygen atoms in total. The lowest BCUT2D eigenvalue weighted by molar-refractivity contribution is -0.147. The number of hydrogen-bond acceptors (Lipinski definition) is 10. The van der Waals surface area contributed by atoms with Crippen molar-refractivity contribution in [1.82, 2.24) is 5.32 Å². The molecule has 0 fully saturated rings. The van der Waals surface area contributed by atoms with Gasteiger partial charge in [-0.3, -0.25) is 9.59 Å². The molecule has 4 aromatic carbocycles. The molecule has 4 aromatic rings. The smallest absolute Gasteiger partial charge is 0.408 e. The highest BCUT2D eigenvalue weighted by atomic mass is 16.6. The van der Waals surface area contributed by atoms with E-state index in [9.17, 15) is 39.0 Å². The third-order valence-electron chi connectivity index (χ3n) is 8.92.